The normalized spacial score (nSPS) is 13.6. The number of aromatic hydroxyl groups is 1. The highest BCUT2D eigenvalue weighted by molar-refractivity contribution is 5.95. The average molecular weight is 667 g/mol. The van der Waals surface area contributed by atoms with E-state index in [9.17, 15) is 39.0 Å². The molecule has 0 aliphatic heterocycles. The highest BCUT2D eigenvalue weighted by Gasteiger charge is 2.31. The fraction of sp³-hybridized carbons (Fsp3) is 0.394. The van der Waals surface area contributed by atoms with Gasteiger partial charge in [-0.2, -0.15) is 0 Å². The molecular formula is C33H42N6O9. The van der Waals surface area contributed by atoms with Crippen molar-refractivity contribution in [2.45, 2.75) is 70.1 Å². The highest BCUT2D eigenvalue weighted by atomic mass is 16.4. The molecule has 15 nitrogen and oxygen atoms in total. The predicted octanol–water partition coefficient (Wildman–Crippen LogP) is 0.552. The lowest BCUT2D eigenvalue weighted by Gasteiger charge is -2.26. The first kappa shape index (κ1) is 37.0. The Morgan fingerprint density at radius 2 is 1.46 bits per heavy atom. The average Bonchev–Trinajstić information content (AvgIpc) is 3.44. The van der Waals surface area contributed by atoms with Crippen LogP contribution in [0.5, 0.6) is 5.75 Å². The minimum Gasteiger partial charge on any atom is -0.508 e. The molecule has 0 spiro atoms. The highest BCUT2D eigenvalue weighted by Crippen LogP contribution is 2.19. The fourth-order valence-corrected chi connectivity index (χ4v) is 5.00. The lowest BCUT2D eigenvalue weighted by atomic mass is 10.00. The molecule has 4 atom stereocenters. The standard InChI is InChI=1S/C33H42N6O9/c1-18(2)13-25(31(45)39-27(33(47)48)15-20-16-35-24-6-4-3-5-22(20)24)38-32(46)26(14-19-7-9-21(40)10-8-19)37-28(41)17-36-30(44)23(34)11-12-29(42)43/h3-10,16,18,23,25-27,35,40H,11-15,17,34H2,1-2H3,(H,36,44)(H,37,41)(H,38,46)(H,39,45)(H,42,43)(H,47,48). The zero-order chi connectivity index (χ0) is 35.4. The van der Waals surface area contributed by atoms with Crippen molar-refractivity contribution in [2.75, 3.05) is 6.54 Å². The molecular weight excluding hydrogens is 624 g/mol. The van der Waals surface area contributed by atoms with E-state index in [0.717, 1.165) is 10.9 Å². The molecule has 3 aromatic rings. The minimum atomic E-state index is -1.30. The van der Waals surface area contributed by atoms with Gasteiger partial charge in [0.1, 0.15) is 23.9 Å². The lowest BCUT2D eigenvalue weighted by molar-refractivity contribution is -0.142. The fourth-order valence-electron chi connectivity index (χ4n) is 5.00. The molecule has 2 aromatic carbocycles. The summed E-state index contributed by atoms with van der Waals surface area (Å²) in [6.07, 6.45) is 1.29. The number of aliphatic carboxylic acids is 2. The summed E-state index contributed by atoms with van der Waals surface area (Å²) in [6, 6.07) is 8.37. The third-order valence-electron chi connectivity index (χ3n) is 7.51. The monoisotopic (exact) mass is 666 g/mol. The molecule has 3 rings (SSSR count). The zero-order valence-corrected chi connectivity index (χ0v) is 26.7. The van der Waals surface area contributed by atoms with Gasteiger partial charge in [-0.3, -0.25) is 24.0 Å². The molecule has 0 bridgehead atoms. The number of hydrogen-bond acceptors (Lipinski definition) is 8. The first-order valence-corrected chi connectivity index (χ1v) is 15.4. The van der Waals surface area contributed by atoms with E-state index in [1.807, 2.05) is 38.1 Å². The summed E-state index contributed by atoms with van der Waals surface area (Å²) in [7, 11) is 0. The van der Waals surface area contributed by atoms with Crippen LogP contribution in [0.3, 0.4) is 0 Å². The maximum Gasteiger partial charge on any atom is 0.326 e. The Hall–Kier alpha value is -5.44. The van der Waals surface area contributed by atoms with Crippen LogP contribution in [0, 0.1) is 5.92 Å². The number of carbonyl (C=O) groups excluding carboxylic acids is 4. The Balaban J connectivity index is 1.74. The number of fused-ring (bicyclic) bond motifs is 1. The van der Waals surface area contributed by atoms with Gasteiger partial charge in [0.05, 0.1) is 12.6 Å². The number of para-hydroxylation sites is 1. The number of phenols is 1. The molecule has 0 radical (unpaired) electrons. The van der Waals surface area contributed by atoms with E-state index in [2.05, 4.69) is 26.3 Å². The lowest BCUT2D eigenvalue weighted by Crippen LogP contribution is -2.57. The van der Waals surface area contributed by atoms with Gasteiger partial charge in [-0.25, -0.2) is 4.79 Å². The summed E-state index contributed by atoms with van der Waals surface area (Å²) in [6.45, 7) is 3.09. The van der Waals surface area contributed by atoms with Gasteiger partial charge in [-0.05, 0) is 48.1 Å². The maximum absolute atomic E-state index is 13.6. The number of carbonyl (C=O) groups is 6. The second kappa shape index (κ2) is 17.5. The Morgan fingerprint density at radius 3 is 2.10 bits per heavy atom. The summed E-state index contributed by atoms with van der Waals surface area (Å²) >= 11 is 0. The van der Waals surface area contributed by atoms with Crippen molar-refractivity contribution in [3.05, 3.63) is 65.9 Å². The van der Waals surface area contributed by atoms with Gasteiger partial charge in [0, 0.05) is 36.4 Å². The van der Waals surface area contributed by atoms with Crippen molar-refractivity contribution in [3.63, 3.8) is 0 Å². The number of aromatic amines is 1. The van der Waals surface area contributed by atoms with Crippen molar-refractivity contribution < 1.29 is 44.1 Å². The Morgan fingerprint density at radius 1 is 0.812 bits per heavy atom. The molecule has 0 aliphatic carbocycles. The van der Waals surface area contributed by atoms with Crippen LogP contribution in [0.4, 0.5) is 0 Å². The first-order valence-electron chi connectivity index (χ1n) is 15.4. The van der Waals surface area contributed by atoms with Crippen molar-refractivity contribution in [1.29, 1.82) is 0 Å². The van der Waals surface area contributed by atoms with Gasteiger partial charge >= 0.3 is 11.9 Å². The first-order chi connectivity index (χ1) is 22.7. The van der Waals surface area contributed by atoms with Crippen LogP contribution < -0.4 is 27.0 Å². The maximum atomic E-state index is 13.6. The van der Waals surface area contributed by atoms with Crippen LogP contribution in [0.25, 0.3) is 10.9 Å². The van der Waals surface area contributed by atoms with E-state index < -0.39 is 66.3 Å². The molecule has 15 heteroatoms. The second-order valence-electron chi connectivity index (χ2n) is 11.9. The summed E-state index contributed by atoms with van der Waals surface area (Å²) in [5, 5.41) is 39.3. The number of amides is 4. The van der Waals surface area contributed by atoms with Crippen LogP contribution in [-0.4, -0.2) is 86.6 Å². The third kappa shape index (κ3) is 11.4. The number of nitrogens with one attached hydrogen (secondary N) is 5. The summed E-state index contributed by atoms with van der Waals surface area (Å²) < 4.78 is 0. The smallest absolute Gasteiger partial charge is 0.326 e. The molecule has 10 N–H and O–H groups in total. The van der Waals surface area contributed by atoms with Gasteiger partial charge in [0.25, 0.3) is 0 Å². The molecule has 4 unspecified atom stereocenters. The summed E-state index contributed by atoms with van der Waals surface area (Å²) in [5.41, 5.74) is 7.75. The van der Waals surface area contributed by atoms with Crippen LogP contribution in [-0.2, 0) is 41.6 Å². The van der Waals surface area contributed by atoms with E-state index >= 15 is 0 Å². The molecule has 0 saturated carbocycles. The van der Waals surface area contributed by atoms with E-state index in [0.29, 0.717) is 11.1 Å². The van der Waals surface area contributed by atoms with E-state index in [1.165, 1.54) is 12.1 Å². The second-order valence-corrected chi connectivity index (χ2v) is 11.9. The van der Waals surface area contributed by atoms with Crippen LogP contribution in [0.15, 0.2) is 54.7 Å². The van der Waals surface area contributed by atoms with Crippen LogP contribution in [0.1, 0.15) is 44.2 Å². The van der Waals surface area contributed by atoms with Gasteiger partial charge in [0.15, 0.2) is 0 Å². The molecule has 1 heterocycles. The van der Waals surface area contributed by atoms with Gasteiger partial charge in [-0.1, -0.05) is 44.2 Å². The zero-order valence-electron chi connectivity index (χ0n) is 26.7. The van der Waals surface area contributed by atoms with Gasteiger partial charge in [-0.15, -0.1) is 0 Å². The number of aromatic nitrogens is 1. The third-order valence-corrected chi connectivity index (χ3v) is 7.51. The number of phenolic OH excluding ortho intramolecular Hbond substituents is 1. The quantitative estimate of drug-likeness (QED) is 0.0911. The molecule has 0 saturated heterocycles. The number of benzene rings is 2. The molecule has 4 amide bonds. The van der Waals surface area contributed by atoms with E-state index in [4.69, 9.17) is 10.8 Å². The van der Waals surface area contributed by atoms with E-state index in [1.54, 1.807) is 18.3 Å². The molecule has 1 aromatic heterocycles. The Kier molecular flexibility index (Phi) is 13.5. The molecule has 258 valence electrons. The van der Waals surface area contributed by atoms with E-state index in [-0.39, 0.29) is 43.8 Å². The number of H-pyrrole nitrogens is 1. The van der Waals surface area contributed by atoms with Crippen molar-refractivity contribution in [1.82, 2.24) is 26.3 Å². The summed E-state index contributed by atoms with van der Waals surface area (Å²) in [5.74, 6) is -5.47. The SMILES string of the molecule is CC(C)CC(NC(=O)C(Cc1ccc(O)cc1)NC(=O)CNC(=O)C(N)CCC(=O)O)C(=O)NC(Cc1c[nH]c2ccccc12)C(=O)O. The topological polar surface area (TPSA) is 253 Å². The number of nitrogens with two attached hydrogens (primary N) is 1. The van der Waals surface area contributed by atoms with Crippen molar-refractivity contribution >= 4 is 46.5 Å². The number of carboxylic acids is 2. The van der Waals surface area contributed by atoms with Gasteiger partial charge < -0.3 is 47.3 Å². The van der Waals surface area contributed by atoms with Crippen LogP contribution in [0.2, 0.25) is 0 Å². The Bertz CT molecular complexity index is 1600. The summed E-state index contributed by atoms with van der Waals surface area (Å²) in [4.78, 5) is 78.2. The van der Waals surface area contributed by atoms with Crippen molar-refractivity contribution in [3.8, 4) is 5.75 Å². The molecule has 48 heavy (non-hydrogen) atoms. The van der Waals surface area contributed by atoms with Crippen molar-refractivity contribution in [2.24, 2.45) is 11.7 Å². The van der Waals surface area contributed by atoms with Crippen LogP contribution >= 0.6 is 0 Å². The predicted molar refractivity (Wildman–Crippen MR) is 175 cm³/mol. The minimum absolute atomic E-state index is 0.0139. The number of rotatable bonds is 18. The largest absolute Gasteiger partial charge is 0.508 e. The number of carboxylic acid groups (broad SMARTS) is 2. The Labute approximate surface area is 276 Å². The molecule has 0 fully saturated rings. The molecule has 0 aliphatic rings. The number of hydrogen-bond donors (Lipinski definition) is 9. The van der Waals surface area contributed by atoms with Gasteiger partial charge in [0.2, 0.25) is 23.6 Å².